The number of hydrogen-bond acceptors (Lipinski definition) is 5. The molecule has 0 aliphatic carbocycles. The summed E-state index contributed by atoms with van der Waals surface area (Å²) < 4.78 is 5.31. The Morgan fingerprint density at radius 1 is 1.12 bits per heavy atom. The van der Waals surface area contributed by atoms with E-state index in [-0.39, 0.29) is 11.7 Å². The number of hydrogen-bond donors (Lipinski definition) is 2. The summed E-state index contributed by atoms with van der Waals surface area (Å²) in [6, 6.07) is 13.0. The fourth-order valence-electron chi connectivity index (χ4n) is 3.14. The number of benzene rings is 2. The number of amides is 1. The average molecular weight is 355 g/mol. The molecule has 138 valence electrons. The molecule has 0 unspecified atom stereocenters. The fraction of sp³-hybridized carbons (Fsp3) is 0.350. The third-order valence-electron chi connectivity index (χ3n) is 4.58. The monoisotopic (exact) mass is 355 g/mol. The lowest BCUT2D eigenvalue weighted by molar-refractivity contribution is -0.117. The quantitative estimate of drug-likeness (QED) is 0.863. The molecule has 0 saturated carbocycles. The molecule has 1 saturated heterocycles. The number of phenolic OH excluding ortho intramolecular Hbond substituents is 1. The van der Waals surface area contributed by atoms with Crippen LogP contribution in [0.4, 0.5) is 11.4 Å². The largest absolute Gasteiger partial charge is 0.508 e. The Bertz CT molecular complexity index is 753. The maximum atomic E-state index is 12.4. The zero-order chi connectivity index (χ0) is 18.5. The summed E-state index contributed by atoms with van der Waals surface area (Å²) in [5.74, 6) is 0.906. The van der Waals surface area contributed by atoms with E-state index in [1.54, 1.807) is 19.2 Å². The van der Waals surface area contributed by atoms with Gasteiger partial charge in [0.2, 0.25) is 5.91 Å². The van der Waals surface area contributed by atoms with Crippen LogP contribution in [0.25, 0.3) is 0 Å². The lowest BCUT2D eigenvalue weighted by Gasteiger charge is -2.35. The first kappa shape index (κ1) is 18.1. The molecule has 6 heteroatoms. The van der Waals surface area contributed by atoms with Gasteiger partial charge in [-0.3, -0.25) is 9.69 Å². The second kappa shape index (κ2) is 8.10. The minimum Gasteiger partial charge on any atom is -0.508 e. The van der Waals surface area contributed by atoms with Crippen molar-refractivity contribution in [3.8, 4) is 11.5 Å². The molecule has 0 bridgehead atoms. The van der Waals surface area contributed by atoms with E-state index in [1.165, 1.54) is 0 Å². The average Bonchev–Trinajstić information content (AvgIpc) is 2.63. The Balaban J connectivity index is 1.52. The normalized spacial score (nSPS) is 14.9. The van der Waals surface area contributed by atoms with Crippen LogP contribution in [-0.4, -0.2) is 55.7 Å². The van der Waals surface area contributed by atoms with E-state index in [9.17, 15) is 9.90 Å². The first-order valence-electron chi connectivity index (χ1n) is 8.76. The topological polar surface area (TPSA) is 65.0 Å². The predicted molar refractivity (Wildman–Crippen MR) is 103 cm³/mol. The van der Waals surface area contributed by atoms with E-state index in [0.29, 0.717) is 18.0 Å². The summed E-state index contributed by atoms with van der Waals surface area (Å²) in [5, 5.41) is 12.3. The second-order valence-electron chi connectivity index (χ2n) is 6.53. The molecule has 0 spiro atoms. The van der Waals surface area contributed by atoms with Crippen LogP contribution >= 0.6 is 0 Å². The number of carbonyl (C=O) groups is 1. The molecular formula is C20H25N3O3. The number of carbonyl (C=O) groups excluding carboxylic acids is 1. The van der Waals surface area contributed by atoms with Crippen molar-refractivity contribution < 1.29 is 14.6 Å². The van der Waals surface area contributed by atoms with E-state index in [4.69, 9.17) is 4.74 Å². The molecule has 2 N–H and O–H groups in total. The van der Waals surface area contributed by atoms with Gasteiger partial charge in [0.1, 0.15) is 11.5 Å². The van der Waals surface area contributed by atoms with Crippen LogP contribution < -0.4 is 15.0 Å². The Kier molecular flexibility index (Phi) is 5.63. The molecule has 1 fully saturated rings. The lowest BCUT2D eigenvalue weighted by atomic mass is 10.2. The van der Waals surface area contributed by atoms with Crippen molar-refractivity contribution in [1.29, 1.82) is 0 Å². The van der Waals surface area contributed by atoms with Crippen molar-refractivity contribution in [2.45, 2.75) is 6.92 Å². The number of rotatable bonds is 5. The lowest BCUT2D eigenvalue weighted by Crippen LogP contribution is -2.48. The van der Waals surface area contributed by atoms with Gasteiger partial charge in [0.15, 0.2) is 0 Å². The van der Waals surface area contributed by atoms with Crippen LogP contribution in [0.2, 0.25) is 0 Å². The van der Waals surface area contributed by atoms with Crippen LogP contribution in [0.3, 0.4) is 0 Å². The predicted octanol–water partition coefficient (Wildman–Crippen LogP) is 2.47. The van der Waals surface area contributed by atoms with Gasteiger partial charge in [0, 0.05) is 31.9 Å². The van der Waals surface area contributed by atoms with Gasteiger partial charge in [0.05, 0.1) is 19.3 Å². The Morgan fingerprint density at radius 3 is 2.46 bits per heavy atom. The van der Waals surface area contributed by atoms with Crippen LogP contribution in [0, 0.1) is 6.92 Å². The molecule has 1 amide bonds. The Morgan fingerprint density at radius 2 is 1.81 bits per heavy atom. The van der Waals surface area contributed by atoms with E-state index in [2.05, 4.69) is 15.1 Å². The van der Waals surface area contributed by atoms with Crippen molar-refractivity contribution >= 4 is 17.3 Å². The van der Waals surface area contributed by atoms with Gasteiger partial charge in [-0.05, 0) is 48.9 Å². The van der Waals surface area contributed by atoms with Gasteiger partial charge in [-0.2, -0.15) is 0 Å². The molecular weight excluding hydrogens is 330 g/mol. The van der Waals surface area contributed by atoms with Crippen LogP contribution in [-0.2, 0) is 4.79 Å². The van der Waals surface area contributed by atoms with Crippen LogP contribution in [0.1, 0.15) is 5.56 Å². The number of aromatic hydroxyl groups is 1. The number of ether oxygens (including phenoxy) is 1. The summed E-state index contributed by atoms with van der Waals surface area (Å²) in [7, 11) is 1.60. The van der Waals surface area contributed by atoms with Gasteiger partial charge < -0.3 is 20.1 Å². The van der Waals surface area contributed by atoms with E-state index in [0.717, 1.165) is 37.4 Å². The second-order valence-corrected chi connectivity index (χ2v) is 6.53. The van der Waals surface area contributed by atoms with E-state index in [1.807, 2.05) is 37.3 Å². The van der Waals surface area contributed by atoms with Crippen LogP contribution in [0.15, 0.2) is 42.5 Å². The smallest absolute Gasteiger partial charge is 0.238 e. The first-order chi connectivity index (χ1) is 12.5. The summed E-state index contributed by atoms with van der Waals surface area (Å²) in [6.07, 6.45) is 0. The van der Waals surface area contributed by atoms with Gasteiger partial charge >= 0.3 is 0 Å². The molecule has 1 aliphatic heterocycles. The fourth-order valence-corrected chi connectivity index (χ4v) is 3.14. The zero-order valence-corrected chi connectivity index (χ0v) is 15.2. The number of nitrogens with zero attached hydrogens (tertiary/aromatic N) is 2. The third-order valence-corrected chi connectivity index (χ3v) is 4.58. The highest BCUT2D eigenvalue weighted by atomic mass is 16.5. The summed E-state index contributed by atoms with van der Waals surface area (Å²) in [5.41, 5.74) is 2.88. The van der Waals surface area contributed by atoms with Crippen molar-refractivity contribution in [2.24, 2.45) is 0 Å². The highest BCUT2D eigenvalue weighted by molar-refractivity contribution is 5.93. The Labute approximate surface area is 154 Å². The van der Waals surface area contributed by atoms with Gasteiger partial charge in [-0.25, -0.2) is 0 Å². The standard InChI is InChI=1S/C20H25N3O3/c1-15-3-8-19(26-2)18(13-15)21-20(25)14-22-9-11-23(12-10-22)16-4-6-17(24)7-5-16/h3-8,13,24H,9-12,14H2,1-2H3,(H,21,25). The minimum atomic E-state index is -0.0352. The van der Waals surface area contributed by atoms with Crippen molar-refractivity contribution in [3.05, 3.63) is 48.0 Å². The molecule has 0 aromatic heterocycles. The van der Waals surface area contributed by atoms with Crippen molar-refractivity contribution in [3.63, 3.8) is 0 Å². The number of methoxy groups -OCH3 is 1. The SMILES string of the molecule is COc1ccc(C)cc1NC(=O)CN1CCN(c2ccc(O)cc2)CC1. The van der Waals surface area contributed by atoms with E-state index < -0.39 is 0 Å². The van der Waals surface area contributed by atoms with E-state index >= 15 is 0 Å². The zero-order valence-electron chi connectivity index (χ0n) is 15.2. The first-order valence-corrected chi connectivity index (χ1v) is 8.76. The molecule has 26 heavy (non-hydrogen) atoms. The van der Waals surface area contributed by atoms with Gasteiger partial charge in [-0.15, -0.1) is 0 Å². The molecule has 2 aromatic rings. The van der Waals surface area contributed by atoms with Crippen LogP contribution in [0.5, 0.6) is 11.5 Å². The van der Waals surface area contributed by atoms with Gasteiger partial charge in [-0.1, -0.05) is 6.07 Å². The maximum Gasteiger partial charge on any atom is 0.238 e. The summed E-state index contributed by atoms with van der Waals surface area (Å²) in [6.45, 7) is 5.69. The number of phenols is 1. The Hall–Kier alpha value is -2.73. The van der Waals surface area contributed by atoms with Gasteiger partial charge in [0.25, 0.3) is 0 Å². The molecule has 0 atom stereocenters. The summed E-state index contributed by atoms with van der Waals surface area (Å²) in [4.78, 5) is 16.8. The number of piperazine rings is 1. The highest BCUT2D eigenvalue weighted by Crippen LogP contribution is 2.25. The molecule has 6 nitrogen and oxygen atoms in total. The van der Waals surface area contributed by atoms with Crippen molar-refractivity contribution in [1.82, 2.24) is 4.90 Å². The number of nitrogens with one attached hydrogen (secondary N) is 1. The molecule has 1 aliphatic rings. The number of anilines is 2. The molecule has 1 heterocycles. The maximum absolute atomic E-state index is 12.4. The van der Waals surface area contributed by atoms with Crippen molar-refractivity contribution in [2.75, 3.05) is 50.1 Å². The molecule has 0 radical (unpaired) electrons. The number of aryl methyl sites for hydroxylation is 1. The minimum absolute atomic E-state index is 0.0352. The molecule has 2 aromatic carbocycles. The molecule has 3 rings (SSSR count). The third kappa shape index (κ3) is 4.46. The summed E-state index contributed by atoms with van der Waals surface area (Å²) >= 11 is 0. The highest BCUT2D eigenvalue weighted by Gasteiger charge is 2.19.